The molecule has 1 spiro atoms. The lowest BCUT2D eigenvalue weighted by molar-refractivity contribution is -0.154. The minimum absolute atomic E-state index is 0.170. The van der Waals surface area contributed by atoms with Gasteiger partial charge in [-0.25, -0.2) is 0 Å². The van der Waals surface area contributed by atoms with Gasteiger partial charge >= 0.3 is 0 Å². The highest BCUT2D eigenvalue weighted by atomic mass is 16.6. The number of ether oxygens (including phenoxy) is 1. The van der Waals surface area contributed by atoms with Crippen LogP contribution in [0.1, 0.15) is 69.9 Å². The molecule has 5 heteroatoms. The zero-order valence-corrected chi connectivity index (χ0v) is 24.2. The number of hydrogen-bond donors (Lipinski definition) is 1. The molecule has 1 N–H and O–H groups in total. The van der Waals surface area contributed by atoms with Gasteiger partial charge in [0, 0.05) is 47.4 Å². The quantitative estimate of drug-likeness (QED) is 0.327. The van der Waals surface area contributed by atoms with Crippen LogP contribution < -0.4 is 0 Å². The van der Waals surface area contributed by atoms with Crippen molar-refractivity contribution in [3.05, 3.63) is 72.6 Å². The molecule has 2 aromatic heterocycles. The summed E-state index contributed by atoms with van der Waals surface area (Å²) < 4.78 is 7.55. The molecule has 3 aromatic rings. The van der Waals surface area contributed by atoms with Crippen LogP contribution in [0.3, 0.4) is 0 Å². The van der Waals surface area contributed by atoms with Crippen LogP contribution in [0.15, 0.2) is 66.9 Å². The maximum Gasteiger partial charge on any atom is 0.143 e. The van der Waals surface area contributed by atoms with Gasteiger partial charge in [-0.3, -0.25) is 9.88 Å². The molecule has 6 aliphatic rings. The van der Waals surface area contributed by atoms with Crippen LogP contribution in [0.25, 0.3) is 27.4 Å². The summed E-state index contributed by atoms with van der Waals surface area (Å²) in [4.78, 5) is 14.7. The van der Waals surface area contributed by atoms with Gasteiger partial charge in [-0.15, -0.1) is 0 Å². The first-order chi connectivity index (χ1) is 20.2. The second-order valence-electron chi connectivity index (χ2n) is 13.8. The smallest absolute Gasteiger partial charge is 0.143 e. The van der Waals surface area contributed by atoms with Crippen LogP contribution in [0.2, 0.25) is 0 Å². The molecule has 1 unspecified atom stereocenters. The lowest BCUT2D eigenvalue weighted by atomic mass is 9.53. The second-order valence-corrected chi connectivity index (χ2v) is 13.8. The molecular formula is C36H42N4O. The summed E-state index contributed by atoms with van der Waals surface area (Å²) in [6.45, 7) is 4.75. The molecule has 3 saturated heterocycles. The third kappa shape index (κ3) is 3.49. The minimum Gasteiger partial charge on any atom is -0.353 e. The van der Waals surface area contributed by atoms with E-state index >= 15 is 0 Å². The van der Waals surface area contributed by atoms with Crippen LogP contribution in [-0.4, -0.2) is 63.3 Å². The van der Waals surface area contributed by atoms with Crippen molar-refractivity contribution >= 4 is 27.4 Å². The number of H-pyrrole nitrogens is 1. The first kappa shape index (κ1) is 24.8. The van der Waals surface area contributed by atoms with Crippen molar-refractivity contribution in [3.63, 3.8) is 0 Å². The molecule has 3 fully saturated rings. The molecule has 6 atom stereocenters. The van der Waals surface area contributed by atoms with Crippen molar-refractivity contribution in [1.82, 2.24) is 19.8 Å². The Morgan fingerprint density at radius 2 is 1.78 bits per heavy atom. The Bertz CT molecular complexity index is 1600. The van der Waals surface area contributed by atoms with Gasteiger partial charge in [0.25, 0.3) is 0 Å². The Labute approximate surface area is 243 Å². The molecule has 0 saturated carbocycles. The minimum atomic E-state index is -0.296. The number of rotatable bonds is 1. The number of allylic oxidation sites excluding steroid dienone is 4. The van der Waals surface area contributed by atoms with Crippen molar-refractivity contribution in [3.8, 4) is 0 Å². The normalized spacial score (nSPS) is 38.6. The Morgan fingerprint density at radius 3 is 2.76 bits per heavy atom. The first-order valence-corrected chi connectivity index (χ1v) is 16.3. The van der Waals surface area contributed by atoms with E-state index in [0.717, 1.165) is 31.5 Å². The highest BCUT2D eigenvalue weighted by molar-refractivity contribution is 6.09. The third-order valence-corrected chi connectivity index (χ3v) is 11.5. The topological polar surface area (TPSA) is 44.4 Å². The number of nitrogens with zero attached hydrogens (tertiary/aromatic N) is 3. The van der Waals surface area contributed by atoms with E-state index in [0.29, 0.717) is 12.0 Å². The fraction of sp³-hybridized carbons (Fsp3) is 0.528. The van der Waals surface area contributed by atoms with E-state index in [1.807, 2.05) is 6.20 Å². The van der Waals surface area contributed by atoms with E-state index in [-0.39, 0.29) is 16.7 Å². The monoisotopic (exact) mass is 546 g/mol. The van der Waals surface area contributed by atoms with Crippen molar-refractivity contribution in [2.24, 2.45) is 11.3 Å². The number of aromatic nitrogens is 2. The molecule has 212 valence electrons. The van der Waals surface area contributed by atoms with Gasteiger partial charge in [-0.05, 0) is 107 Å². The molecule has 41 heavy (non-hydrogen) atoms. The molecule has 0 amide bonds. The standard InChI is InChI=1S/C36H42N4O/c1-2-5-11-20-39-22-16-29-28(31-32-27(15-19-37-31)26-13-7-8-14-30(26)38-32)23-35(17-9-3-1)33-34(29,25-39)24-36(41-35)18-10-4-6-12-21-40(33)36/h1,3,7-8,10,13-15,18-19,23,29,33,38H,2,4-6,9,11-12,16-17,20-22,24-25H2/t29-,33+,34-,35-,36+/m0/s1. The molecule has 5 aliphatic heterocycles. The number of pyridine rings is 1. The number of hydrogen-bond acceptors (Lipinski definition) is 4. The number of para-hydroxylation sites is 1. The zero-order valence-electron chi connectivity index (χ0n) is 24.2. The third-order valence-electron chi connectivity index (χ3n) is 11.5. The van der Waals surface area contributed by atoms with Crippen molar-refractivity contribution in [2.75, 3.05) is 26.2 Å². The van der Waals surface area contributed by atoms with Crippen LogP contribution in [0.5, 0.6) is 0 Å². The van der Waals surface area contributed by atoms with Crippen LogP contribution in [0, 0.1) is 11.3 Å². The highest BCUT2D eigenvalue weighted by Crippen LogP contribution is 2.70. The molecular weight excluding hydrogens is 504 g/mol. The first-order valence-electron chi connectivity index (χ1n) is 16.3. The zero-order chi connectivity index (χ0) is 27.1. The summed E-state index contributed by atoms with van der Waals surface area (Å²) in [5.41, 5.74) is 4.61. The van der Waals surface area contributed by atoms with Gasteiger partial charge in [0.15, 0.2) is 0 Å². The summed E-state index contributed by atoms with van der Waals surface area (Å²) in [6.07, 6.45) is 26.4. The van der Waals surface area contributed by atoms with E-state index in [9.17, 15) is 0 Å². The van der Waals surface area contributed by atoms with Crippen LogP contribution in [-0.2, 0) is 4.74 Å². The fourth-order valence-corrected chi connectivity index (χ4v) is 10.2. The average Bonchev–Trinajstić information content (AvgIpc) is 3.55. The number of nitrogens with one attached hydrogen (secondary N) is 1. The molecule has 5 nitrogen and oxygen atoms in total. The predicted molar refractivity (Wildman–Crippen MR) is 165 cm³/mol. The Hall–Kier alpha value is -2.73. The summed E-state index contributed by atoms with van der Waals surface area (Å²) in [5.74, 6) is 0.490. The summed E-state index contributed by atoms with van der Waals surface area (Å²) >= 11 is 0. The average molecular weight is 547 g/mol. The molecule has 1 aromatic carbocycles. The van der Waals surface area contributed by atoms with E-state index < -0.39 is 0 Å². The number of aromatic amines is 1. The molecule has 9 rings (SSSR count). The van der Waals surface area contributed by atoms with Gasteiger partial charge in [0.05, 0.1) is 17.3 Å². The number of benzene rings is 1. The van der Waals surface area contributed by atoms with Crippen molar-refractivity contribution < 1.29 is 4.74 Å². The summed E-state index contributed by atoms with van der Waals surface area (Å²) in [7, 11) is 0. The van der Waals surface area contributed by atoms with Gasteiger partial charge in [-0.2, -0.15) is 0 Å². The second kappa shape index (κ2) is 9.13. The van der Waals surface area contributed by atoms with Crippen LogP contribution in [0.4, 0.5) is 0 Å². The van der Waals surface area contributed by atoms with Crippen molar-refractivity contribution in [1.29, 1.82) is 0 Å². The summed E-state index contributed by atoms with van der Waals surface area (Å²) in [5, 5.41) is 2.58. The largest absolute Gasteiger partial charge is 0.353 e. The number of fused-ring (bicyclic) bond motifs is 4. The van der Waals surface area contributed by atoms with Crippen molar-refractivity contribution in [2.45, 2.75) is 81.6 Å². The van der Waals surface area contributed by atoms with E-state index in [1.165, 1.54) is 92.0 Å². The van der Waals surface area contributed by atoms with Gasteiger partial charge < -0.3 is 14.6 Å². The molecule has 7 heterocycles. The SMILES string of the molecule is C1=CCC[C@]23C=C(c4nccc5c4[nH]c4ccccc45)[C@@H]4CCN(CCCC1)C[C@@]41C[C@@]4(C=CCCCCN4[C@H]12)O3. The Morgan fingerprint density at radius 1 is 0.902 bits per heavy atom. The van der Waals surface area contributed by atoms with Gasteiger partial charge in [0.2, 0.25) is 0 Å². The Balaban J connectivity index is 1.29. The number of piperidine rings is 1. The maximum atomic E-state index is 7.55. The Kier molecular flexibility index (Phi) is 5.53. The van der Waals surface area contributed by atoms with Crippen LogP contribution >= 0.6 is 0 Å². The summed E-state index contributed by atoms with van der Waals surface area (Å²) in [6, 6.07) is 11.3. The fourth-order valence-electron chi connectivity index (χ4n) is 10.2. The molecule has 0 radical (unpaired) electrons. The van der Waals surface area contributed by atoms with E-state index in [4.69, 9.17) is 9.72 Å². The lowest BCUT2D eigenvalue weighted by Crippen LogP contribution is -2.65. The molecule has 5 bridgehead atoms. The van der Waals surface area contributed by atoms with E-state index in [2.05, 4.69) is 75.5 Å². The highest BCUT2D eigenvalue weighted by Gasteiger charge is 2.76. The van der Waals surface area contributed by atoms with E-state index in [1.54, 1.807) is 0 Å². The predicted octanol–water partition coefficient (Wildman–Crippen LogP) is 7.22. The lowest BCUT2D eigenvalue weighted by Gasteiger charge is -2.59. The van der Waals surface area contributed by atoms with Gasteiger partial charge in [0.1, 0.15) is 11.3 Å². The maximum absolute atomic E-state index is 7.55. The van der Waals surface area contributed by atoms with Gasteiger partial charge in [-0.1, -0.05) is 36.4 Å². The molecule has 1 aliphatic carbocycles.